The Bertz CT molecular complexity index is 647. The minimum absolute atomic E-state index is 0.00835. The number of pyridine rings is 1. The number of hydrogen-bond acceptors (Lipinski definition) is 5. The smallest absolute Gasteiger partial charge is 0.287 e. The first-order valence-corrected chi connectivity index (χ1v) is 6.35. The van der Waals surface area contributed by atoms with Gasteiger partial charge in [0.15, 0.2) is 0 Å². The Morgan fingerprint density at radius 3 is 2.85 bits per heavy atom. The van der Waals surface area contributed by atoms with Gasteiger partial charge in [-0.15, -0.1) is 0 Å². The van der Waals surface area contributed by atoms with E-state index < -0.39 is 4.92 Å². The lowest BCUT2D eigenvalue weighted by Crippen LogP contribution is -2.42. The van der Waals surface area contributed by atoms with E-state index in [1.54, 1.807) is 6.07 Å². The van der Waals surface area contributed by atoms with Crippen LogP contribution in [0, 0.1) is 10.1 Å². The second-order valence-electron chi connectivity index (χ2n) is 5.64. The lowest BCUT2D eigenvalue weighted by atomic mass is 9.83. The lowest BCUT2D eigenvalue weighted by Gasteiger charge is -2.38. The van der Waals surface area contributed by atoms with Crippen molar-refractivity contribution in [2.45, 2.75) is 25.8 Å². The molecule has 0 saturated heterocycles. The summed E-state index contributed by atoms with van der Waals surface area (Å²) in [5.41, 5.74) is 2.24. The van der Waals surface area contributed by atoms with Crippen molar-refractivity contribution in [1.29, 1.82) is 0 Å². The summed E-state index contributed by atoms with van der Waals surface area (Å²) >= 11 is 0. The number of fused-ring (bicyclic) bond motifs is 1. The summed E-state index contributed by atoms with van der Waals surface area (Å²) in [7, 11) is 0. The molecule has 0 aromatic carbocycles. The zero-order chi connectivity index (χ0) is 14.3. The van der Waals surface area contributed by atoms with Gasteiger partial charge in [0.05, 0.1) is 11.1 Å². The fourth-order valence-corrected chi connectivity index (χ4v) is 2.67. The number of aromatic nitrogens is 3. The summed E-state index contributed by atoms with van der Waals surface area (Å²) < 4.78 is 0. The summed E-state index contributed by atoms with van der Waals surface area (Å²) in [5.74, 6) is 0.746. The Kier molecular flexibility index (Phi) is 2.70. The van der Waals surface area contributed by atoms with Gasteiger partial charge in [0, 0.05) is 35.8 Å². The van der Waals surface area contributed by atoms with Crippen LogP contribution in [0.15, 0.2) is 24.5 Å². The van der Waals surface area contributed by atoms with Crippen LogP contribution < -0.4 is 4.90 Å². The number of nitro groups is 1. The highest BCUT2D eigenvalue weighted by molar-refractivity contribution is 5.47. The van der Waals surface area contributed by atoms with Crippen LogP contribution in [-0.2, 0) is 12.0 Å². The molecule has 0 unspecified atom stereocenters. The molecular weight excluding hydrogens is 258 g/mol. The number of nitrogens with one attached hydrogen (secondary N) is 1. The van der Waals surface area contributed by atoms with E-state index in [-0.39, 0.29) is 11.1 Å². The molecule has 7 heteroatoms. The molecule has 0 bridgehead atoms. The summed E-state index contributed by atoms with van der Waals surface area (Å²) in [6.45, 7) is 5.77. The fourth-order valence-electron chi connectivity index (χ4n) is 2.67. The fraction of sp³-hybridized carbons (Fsp3) is 0.385. The molecule has 0 atom stereocenters. The zero-order valence-corrected chi connectivity index (χ0v) is 11.3. The minimum atomic E-state index is -0.439. The van der Waals surface area contributed by atoms with Gasteiger partial charge in [0.2, 0.25) is 0 Å². The van der Waals surface area contributed by atoms with E-state index in [2.05, 4.69) is 33.9 Å². The van der Waals surface area contributed by atoms with Crippen LogP contribution in [0.3, 0.4) is 0 Å². The predicted octanol–water partition coefficient (Wildman–Crippen LogP) is 2.01. The molecule has 2 aromatic heterocycles. The highest BCUT2D eigenvalue weighted by atomic mass is 16.6. The van der Waals surface area contributed by atoms with E-state index in [1.165, 1.54) is 12.3 Å². The third-order valence-corrected chi connectivity index (χ3v) is 3.61. The van der Waals surface area contributed by atoms with Gasteiger partial charge in [-0.05, 0) is 6.07 Å². The van der Waals surface area contributed by atoms with E-state index in [0.717, 1.165) is 23.6 Å². The number of rotatable bonds is 2. The Hall–Kier alpha value is -2.44. The third kappa shape index (κ3) is 2.01. The van der Waals surface area contributed by atoms with E-state index in [0.29, 0.717) is 6.54 Å². The molecule has 3 rings (SSSR count). The molecule has 2 aromatic rings. The first-order chi connectivity index (χ1) is 9.47. The van der Waals surface area contributed by atoms with Crippen LogP contribution in [0.25, 0.3) is 0 Å². The third-order valence-electron chi connectivity index (χ3n) is 3.61. The van der Waals surface area contributed by atoms with Crippen molar-refractivity contribution in [2.75, 3.05) is 11.4 Å². The molecule has 0 saturated carbocycles. The average molecular weight is 273 g/mol. The zero-order valence-electron chi connectivity index (χ0n) is 11.3. The van der Waals surface area contributed by atoms with Crippen LogP contribution in [0.4, 0.5) is 11.5 Å². The van der Waals surface area contributed by atoms with Crippen LogP contribution in [0.1, 0.15) is 25.1 Å². The Morgan fingerprint density at radius 1 is 1.40 bits per heavy atom. The molecular formula is C13H15N5O2. The van der Waals surface area contributed by atoms with Crippen LogP contribution in [0.5, 0.6) is 0 Å². The standard InChI is InChI=1S/C13H15N5O2/c1-13(2)8-17(7-9-5-15-16-12(9)13)11-4-3-10(6-14-11)18(19)20/h3-6H,7-8H2,1-2H3,(H,15,16). The van der Waals surface area contributed by atoms with Crippen molar-refractivity contribution >= 4 is 11.5 Å². The van der Waals surface area contributed by atoms with Gasteiger partial charge in [-0.1, -0.05) is 13.8 Å². The van der Waals surface area contributed by atoms with Crippen molar-refractivity contribution in [3.63, 3.8) is 0 Å². The Morgan fingerprint density at radius 2 is 2.20 bits per heavy atom. The molecule has 0 spiro atoms. The molecule has 0 aliphatic carbocycles. The molecule has 104 valence electrons. The van der Waals surface area contributed by atoms with Gasteiger partial charge < -0.3 is 4.90 Å². The van der Waals surface area contributed by atoms with Crippen molar-refractivity contribution in [3.8, 4) is 0 Å². The van der Waals surface area contributed by atoms with E-state index in [9.17, 15) is 10.1 Å². The summed E-state index contributed by atoms with van der Waals surface area (Å²) in [4.78, 5) is 16.5. The maximum atomic E-state index is 10.7. The van der Waals surface area contributed by atoms with E-state index in [1.807, 2.05) is 6.20 Å². The number of anilines is 1. The molecule has 0 fully saturated rings. The van der Waals surface area contributed by atoms with Gasteiger partial charge >= 0.3 is 0 Å². The molecule has 7 nitrogen and oxygen atoms in total. The van der Waals surface area contributed by atoms with Crippen molar-refractivity contribution in [3.05, 3.63) is 45.9 Å². The quantitative estimate of drug-likeness (QED) is 0.668. The second kappa shape index (κ2) is 4.29. The summed E-state index contributed by atoms with van der Waals surface area (Å²) in [5, 5.41) is 17.8. The SMILES string of the molecule is CC1(C)CN(c2ccc([N+](=O)[O-])cn2)Cc2cn[nH]c21. The number of H-pyrrole nitrogens is 1. The van der Waals surface area contributed by atoms with Crippen molar-refractivity contribution in [1.82, 2.24) is 15.2 Å². The first-order valence-electron chi connectivity index (χ1n) is 6.35. The van der Waals surface area contributed by atoms with Crippen LogP contribution >= 0.6 is 0 Å². The van der Waals surface area contributed by atoms with Gasteiger partial charge in [-0.25, -0.2) is 4.98 Å². The van der Waals surface area contributed by atoms with Crippen molar-refractivity contribution in [2.24, 2.45) is 0 Å². The van der Waals surface area contributed by atoms with E-state index in [4.69, 9.17) is 0 Å². The molecule has 1 aliphatic heterocycles. The van der Waals surface area contributed by atoms with Gasteiger partial charge in [-0.2, -0.15) is 5.10 Å². The lowest BCUT2D eigenvalue weighted by molar-refractivity contribution is -0.385. The number of aromatic amines is 1. The predicted molar refractivity (Wildman–Crippen MR) is 73.6 cm³/mol. The molecule has 0 radical (unpaired) electrons. The Labute approximate surface area is 115 Å². The molecule has 1 aliphatic rings. The molecule has 1 N–H and O–H groups in total. The van der Waals surface area contributed by atoms with Crippen LogP contribution in [0.2, 0.25) is 0 Å². The first kappa shape index (κ1) is 12.6. The monoisotopic (exact) mass is 273 g/mol. The average Bonchev–Trinajstić information content (AvgIpc) is 2.87. The van der Waals surface area contributed by atoms with Crippen LogP contribution in [-0.4, -0.2) is 26.6 Å². The largest absolute Gasteiger partial charge is 0.351 e. The topological polar surface area (TPSA) is 87.9 Å². The minimum Gasteiger partial charge on any atom is -0.351 e. The highest BCUT2D eigenvalue weighted by Gasteiger charge is 2.34. The molecule has 3 heterocycles. The highest BCUT2D eigenvalue weighted by Crippen LogP contribution is 2.33. The number of hydrogen-bond donors (Lipinski definition) is 1. The number of nitrogens with zero attached hydrogens (tertiary/aromatic N) is 4. The van der Waals surface area contributed by atoms with Gasteiger partial charge in [0.25, 0.3) is 5.69 Å². The van der Waals surface area contributed by atoms with Gasteiger partial charge in [0.1, 0.15) is 12.0 Å². The maximum Gasteiger partial charge on any atom is 0.287 e. The molecule has 0 amide bonds. The maximum absolute atomic E-state index is 10.7. The second-order valence-corrected chi connectivity index (χ2v) is 5.64. The van der Waals surface area contributed by atoms with Crippen molar-refractivity contribution < 1.29 is 4.92 Å². The normalized spacial score (nSPS) is 16.8. The van der Waals surface area contributed by atoms with E-state index >= 15 is 0 Å². The Balaban J connectivity index is 1.91. The summed E-state index contributed by atoms with van der Waals surface area (Å²) in [6, 6.07) is 3.18. The van der Waals surface area contributed by atoms with Gasteiger partial charge in [-0.3, -0.25) is 15.2 Å². The molecule has 20 heavy (non-hydrogen) atoms. The summed E-state index contributed by atoms with van der Waals surface area (Å²) in [6.07, 6.45) is 3.13.